The van der Waals surface area contributed by atoms with Gasteiger partial charge in [-0.1, -0.05) is 18.2 Å². The largest absolute Gasteiger partial charge is 0.493 e. The summed E-state index contributed by atoms with van der Waals surface area (Å²) in [6.45, 7) is 3.22. The van der Waals surface area contributed by atoms with Crippen molar-refractivity contribution in [3.63, 3.8) is 0 Å². The Bertz CT molecular complexity index is 1120. The van der Waals surface area contributed by atoms with Gasteiger partial charge in [0.15, 0.2) is 0 Å². The molecule has 1 N–H and O–H groups in total. The molecule has 0 unspecified atom stereocenters. The first-order valence-electron chi connectivity index (χ1n) is 10.6. The van der Waals surface area contributed by atoms with Crippen LogP contribution < -0.4 is 14.8 Å². The number of fused-ring (bicyclic) bond motifs is 3. The number of ether oxygens (including phenoxy) is 2. The number of aromatic nitrogens is 2. The number of anilines is 1. The van der Waals surface area contributed by atoms with E-state index < -0.39 is 0 Å². The molecular formula is C24H23FN4O3. The van der Waals surface area contributed by atoms with Crippen molar-refractivity contribution < 1.29 is 18.7 Å². The van der Waals surface area contributed by atoms with Crippen LogP contribution in [0.3, 0.4) is 0 Å². The zero-order chi connectivity index (χ0) is 22.1. The lowest BCUT2D eigenvalue weighted by Gasteiger charge is -2.34. The van der Waals surface area contributed by atoms with Crippen LogP contribution in [0.5, 0.6) is 11.6 Å². The topological polar surface area (TPSA) is 76.6 Å². The Morgan fingerprint density at radius 2 is 2.03 bits per heavy atom. The van der Waals surface area contributed by atoms with Gasteiger partial charge in [0.2, 0.25) is 5.88 Å². The number of hydrogen-bond donors (Lipinski definition) is 1. The normalized spacial score (nSPS) is 21.3. The third kappa shape index (κ3) is 3.95. The maximum atomic E-state index is 13.3. The van der Waals surface area contributed by atoms with E-state index in [1.165, 1.54) is 12.1 Å². The zero-order valence-electron chi connectivity index (χ0n) is 17.6. The van der Waals surface area contributed by atoms with Gasteiger partial charge in [-0.05, 0) is 37.3 Å². The molecule has 2 aliphatic rings. The van der Waals surface area contributed by atoms with Gasteiger partial charge in [0.1, 0.15) is 17.4 Å². The van der Waals surface area contributed by atoms with Crippen LogP contribution in [0, 0.1) is 24.6 Å². The van der Waals surface area contributed by atoms with Crippen molar-refractivity contribution in [1.82, 2.24) is 14.9 Å². The van der Waals surface area contributed by atoms with Crippen LogP contribution in [0.15, 0.2) is 60.8 Å². The molecule has 3 heterocycles. The van der Waals surface area contributed by atoms with Gasteiger partial charge < -0.3 is 19.7 Å². The lowest BCUT2D eigenvalue weighted by Crippen LogP contribution is -2.38. The number of carbonyl (C=O) groups is 1. The second kappa shape index (κ2) is 8.45. The number of nitrogens with one attached hydrogen (secondary N) is 1. The van der Waals surface area contributed by atoms with Gasteiger partial charge in [0.05, 0.1) is 19.3 Å². The fourth-order valence-corrected chi connectivity index (χ4v) is 4.48. The summed E-state index contributed by atoms with van der Waals surface area (Å²) in [6.07, 6.45) is 1.66. The fraction of sp³-hybridized carbons (Fsp3) is 0.292. The molecule has 7 nitrogen and oxygen atoms in total. The second-order valence-corrected chi connectivity index (χ2v) is 8.06. The number of rotatable bonds is 4. The standard InChI is InChI=1S/C24H23FN4O3/c1-15-26-11-10-22(27-15)32-13-16-12-29(24(30)28-18-8-6-17(25)7-9-18)23-19-4-2-3-5-21(19)31-14-20(16)23/h2-11,16,20,23H,12-14H2,1H3,(H,28,30)/t16-,20-,23-/m0/s1. The molecule has 1 saturated heterocycles. The smallest absolute Gasteiger partial charge is 0.322 e. The molecule has 8 heteroatoms. The molecule has 32 heavy (non-hydrogen) atoms. The Morgan fingerprint density at radius 1 is 1.22 bits per heavy atom. The van der Waals surface area contributed by atoms with E-state index in [4.69, 9.17) is 9.47 Å². The summed E-state index contributed by atoms with van der Waals surface area (Å²) in [7, 11) is 0. The van der Waals surface area contributed by atoms with E-state index in [1.54, 1.807) is 24.4 Å². The molecule has 0 aliphatic carbocycles. The fourth-order valence-electron chi connectivity index (χ4n) is 4.48. The van der Waals surface area contributed by atoms with Gasteiger partial charge in [-0.25, -0.2) is 14.2 Å². The number of carbonyl (C=O) groups excluding carboxylic acids is 1. The predicted molar refractivity (Wildman–Crippen MR) is 116 cm³/mol. The minimum absolute atomic E-state index is 0.0580. The minimum Gasteiger partial charge on any atom is -0.493 e. The average molecular weight is 434 g/mol. The highest BCUT2D eigenvalue weighted by molar-refractivity contribution is 5.90. The SMILES string of the molecule is Cc1nccc(OC[C@@H]2CN(C(=O)Nc3ccc(F)cc3)[C@H]3c4ccccc4OC[C@@H]23)n1. The number of amides is 2. The molecule has 0 bridgehead atoms. The molecule has 0 spiro atoms. The molecular weight excluding hydrogens is 411 g/mol. The van der Waals surface area contributed by atoms with Crippen LogP contribution in [0.1, 0.15) is 17.4 Å². The molecule has 3 atom stereocenters. The van der Waals surface area contributed by atoms with Crippen molar-refractivity contribution >= 4 is 11.7 Å². The summed E-state index contributed by atoms with van der Waals surface area (Å²) in [4.78, 5) is 23.5. The Morgan fingerprint density at radius 3 is 2.84 bits per heavy atom. The number of para-hydroxylation sites is 1. The summed E-state index contributed by atoms with van der Waals surface area (Å²) < 4.78 is 25.2. The van der Waals surface area contributed by atoms with Crippen LogP contribution in [-0.2, 0) is 0 Å². The first-order valence-corrected chi connectivity index (χ1v) is 10.6. The first-order chi connectivity index (χ1) is 15.6. The van der Waals surface area contributed by atoms with Crippen molar-refractivity contribution in [3.8, 4) is 11.6 Å². The molecule has 3 aromatic rings. The maximum absolute atomic E-state index is 13.3. The number of benzene rings is 2. The van der Waals surface area contributed by atoms with Crippen LogP contribution >= 0.6 is 0 Å². The van der Waals surface area contributed by atoms with E-state index in [0.717, 1.165) is 11.3 Å². The van der Waals surface area contributed by atoms with Gasteiger partial charge in [-0.2, -0.15) is 4.98 Å². The van der Waals surface area contributed by atoms with E-state index in [9.17, 15) is 9.18 Å². The van der Waals surface area contributed by atoms with Crippen molar-refractivity contribution in [2.24, 2.45) is 11.8 Å². The van der Waals surface area contributed by atoms with Gasteiger partial charge in [-0.15, -0.1) is 0 Å². The highest BCUT2D eigenvalue weighted by Crippen LogP contribution is 2.47. The van der Waals surface area contributed by atoms with Crippen molar-refractivity contribution in [1.29, 1.82) is 0 Å². The third-order valence-electron chi connectivity index (χ3n) is 6.00. The number of aryl methyl sites for hydroxylation is 1. The summed E-state index contributed by atoms with van der Waals surface area (Å²) in [5.41, 5.74) is 1.53. The van der Waals surface area contributed by atoms with Gasteiger partial charge in [0.25, 0.3) is 0 Å². The summed E-state index contributed by atoms with van der Waals surface area (Å²) in [6, 6.07) is 14.9. The molecule has 1 fully saturated rings. The van der Waals surface area contributed by atoms with Gasteiger partial charge in [-0.3, -0.25) is 0 Å². The number of nitrogens with zero attached hydrogens (tertiary/aromatic N) is 3. The van der Waals surface area contributed by atoms with Crippen LogP contribution in [0.2, 0.25) is 0 Å². The monoisotopic (exact) mass is 434 g/mol. The van der Waals surface area contributed by atoms with Crippen LogP contribution in [-0.4, -0.2) is 40.7 Å². The lowest BCUT2D eigenvalue weighted by atomic mass is 9.86. The molecule has 164 valence electrons. The number of halogens is 1. The lowest BCUT2D eigenvalue weighted by molar-refractivity contribution is 0.128. The van der Waals surface area contributed by atoms with E-state index in [-0.39, 0.29) is 29.7 Å². The predicted octanol–water partition coefficient (Wildman–Crippen LogP) is 4.22. The highest BCUT2D eigenvalue weighted by Gasteiger charge is 2.48. The van der Waals surface area contributed by atoms with Gasteiger partial charge in [0, 0.05) is 41.9 Å². The third-order valence-corrected chi connectivity index (χ3v) is 6.00. The number of urea groups is 1. The Balaban J connectivity index is 1.39. The van der Waals surface area contributed by atoms with E-state index in [1.807, 2.05) is 36.1 Å². The number of likely N-dealkylation sites (tertiary alicyclic amines) is 1. The summed E-state index contributed by atoms with van der Waals surface area (Å²) in [5, 5.41) is 2.89. The minimum atomic E-state index is -0.347. The molecule has 2 amide bonds. The molecule has 1 aromatic heterocycles. The Labute approximate surface area is 185 Å². The summed E-state index contributed by atoms with van der Waals surface area (Å²) >= 11 is 0. The quantitative estimate of drug-likeness (QED) is 0.666. The second-order valence-electron chi connectivity index (χ2n) is 8.06. The number of hydrogen-bond acceptors (Lipinski definition) is 5. The van der Waals surface area contributed by atoms with Crippen LogP contribution in [0.4, 0.5) is 14.9 Å². The van der Waals surface area contributed by atoms with Crippen molar-refractivity contribution in [3.05, 3.63) is 78.0 Å². The van der Waals surface area contributed by atoms with E-state index in [0.29, 0.717) is 37.2 Å². The zero-order valence-corrected chi connectivity index (χ0v) is 17.6. The Kier molecular flexibility index (Phi) is 5.34. The van der Waals surface area contributed by atoms with Crippen LogP contribution in [0.25, 0.3) is 0 Å². The maximum Gasteiger partial charge on any atom is 0.322 e. The van der Waals surface area contributed by atoms with Crippen molar-refractivity contribution in [2.45, 2.75) is 13.0 Å². The molecule has 2 aromatic carbocycles. The average Bonchev–Trinajstić information content (AvgIpc) is 3.19. The highest BCUT2D eigenvalue weighted by atomic mass is 19.1. The van der Waals surface area contributed by atoms with Gasteiger partial charge >= 0.3 is 6.03 Å². The summed E-state index contributed by atoms with van der Waals surface area (Å²) in [5.74, 6) is 1.73. The first kappa shape index (κ1) is 20.2. The van der Waals surface area contributed by atoms with E-state index >= 15 is 0 Å². The van der Waals surface area contributed by atoms with Crippen molar-refractivity contribution in [2.75, 3.05) is 25.1 Å². The molecule has 0 saturated carbocycles. The molecule has 2 aliphatic heterocycles. The van der Waals surface area contributed by atoms with E-state index in [2.05, 4.69) is 15.3 Å². The molecule has 0 radical (unpaired) electrons. The Hall–Kier alpha value is -3.68. The molecule has 5 rings (SSSR count).